The summed E-state index contributed by atoms with van der Waals surface area (Å²) in [4.78, 5) is 13.3. The van der Waals surface area contributed by atoms with Crippen molar-refractivity contribution in [2.45, 2.75) is 50.7 Å². The quantitative estimate of drug-likeness (QED) is 0.688. The maximum Gasteiger partial charge on any atom is 0.277 e. The molecule has 5 heteroatoms. The van der Waals surface area contributed by atoms with Crippen molar-refractivity contribution in [2.75, 3.05) is 0 Å². The molecular formula is C24H25FN2O2. The molecule has 0 radical (unpaired) electrons. The molecule has 1 aliphatic heterocycles. The number of para-hydroxylation sites is 1. The molecule has 2 aliphatic rings. The lowest BCUT2D eigenvalue weighted by Gasteiger charge is -2.36. The van der Waals surface area contributed by atoms with Gasteiger partial charge in [-0.2, -0.15) is 0 Å². The van der Waals surface area contributed by atoms with Gasteiger partial charge in [0.05, 0.1) is 17.4 Å². The number of aromatic nitrogens is 2. The Morgan fingerprint density at radius 3 is 2.41 bits per heavy atom. The highest BCUT2D eigenvalue weighted by molar-refractivity contribution is 5.38. The van der Waals surface area contributed by atoms with Gasteiger partial charge in [-0.15, -0.1) is 0 Å². The molecule has 1 N–H and O–H groups in total. The minimum absolute atomic E-state index is 0.0696. The lowest BCUT2D eigenvalue weighted by atomic mass is 9.81. The van der Waals surface area contributed by atoms with E-state index in [0.717, 1.165) is 16.9 Å². The van der Waals surface area contributed by atoms with Crippen molar-refractivity contribution in [3.8, 4) is 5.69 Å². The summed E-state index contributed by atoms with van der Waals surface area (Å²) >= 11 is 0. The maximum absolute atomic E-state index is 13.5. The van der Waals surface area contributed by atoms with Gasteiger partial charge in [-0.1, -0.05) is 49.6 Å². The molecule has 0 saturated heterocycles. The molecule has 29 heavy (non-hydrogen) atoms. The van der Waals surface area contributed by atoms with Crippen molar-refractivity contribution < 1.29 is 9.13 Å². The van der Waals surface area contributed by atoms with Crippen molar-refractivity contribution >= 4 is 0 Å². The Morgan fingerprint density at radius 2 is 1.69 bits per heavy atom. The van der Waals surface area contributed by atoms with Gasteiger partial charge in [-0.3, -0.25) is 9.89 Å². The summed E-state index contributed by atoms with van der Waals surface area (Å²) in [5.74, 6) is 0.216. The minimum Gasteiger partial charge on any atom is -0.365 e. The molecule has 4 nitrogen and oxygen atoms in total. The number of fused-ring (bicyclic) bond motifs is 1. The summed E-state index contributed by atoms with van der Waals surface area (Å²) in [5, 5.41) is 3.35. The highest BCUT2D eigenvalue weighted by Gasteiger charge is 2.37. The smallest absolute Gasteiger partial charge is 0.277 e. The van der Waals surface area contributed by atoms with Crippen LogP contribution in [0.5, 0.6) is 0 Å². The van der Waals surface area contributed by atoms with Gasteiger partial charge < -0.3 is 4.74 Å². The van der Waals surface area contributed by atoms with Gasteiger partial charge in [0.15, 0.2) is 0 Å². The maximum atomic E-state index is 13.5. The number of hydrogen-bond donors (Lipinski definition) is 1. The Morgan fingerprint density at radius 1 is 0.966 bits per heavy atom. The summed E-state index contributed by atoms with van der Waals surface area (Å²) in [6, 6.07) is 15.9. The van der Waals surface area contributed by atoms with Crippen molar-refractivity contribution in [2.24, 2.45) is 5.92 Å². The number of rotatable bonds is 3. The van der Waals surface area contributed by atoms with E-state index in [4.69, 9.17) is 4.74 Å². The van der Waals surface area contributed by atoms with Gasteiger partial charge in [-0.25, -0.2) is 9.07 Å². The third-order valence-corrected chi connectivity index (χ3v) is 6.35. The fourth-order valence-electron chi connectivity index (χ4n) is 4.84. The number of aromatic amines is 1. The van der Waals surface area contributed by atoms with Crippen molar-refractivity contribution in [1.29, 1.82) is 0 Å². The molecule has 0 bridgehead atoms. The molecule has 3 aromatic rings. The molecule has 2 aromatic carbocycles. The molecule has 1 fully saturated rings. The van der Waals surface area contributed by atoms with Gasteiger partial charge in [0.25, 0.3) is 5.56 Å². The van der Waals surface area contributed by atoms with Crippen LogP contribution in [0, 0.1) is 11.7 Å². The Bertz CT molecular complexity index is 1030. The van der Waals surface area contributed by atoms with Crippen LogP contribution in [0.25, 0.3) is 5.69 Å². The van der Waals surface area contributed by atoms with Crippen molar-refractivity contribution in [1.82, 2.24) is 9.78 Å². The van der Waals surface area contributed by atoms with Crippen LogP contribution in [0.2, 0.25) is 0 Å². The van der Waals surface area contributed by atoms with Gasteiger partial charge >= 0.3 is 0 Å². The first kappa shape index (κ1) is 18.4. The second kappa shape index (κ2) is 7.64. The molecule has 2 atom stereocenters. The van der Waals surface area contributed by atoms with Crippen LogP contribution in [0.3, 0.4) is 0 Å². The van der Waals surface area contributed by atoms with E-state index in [1.165, 1.54) is 44.2 Å². The van der Waals surface area contributed by atoms with Crippen molar-refractivity contribution in [3.63, 3.8) is 0 Å². The number of hydrogen-bond acceptors (Lipinski definition) is 2. The predicted molar refractivity (Wildman–Crippen MR) is 110 cm³/mol. The van der Waals surface area contributed by atoms with E-state index in [1.807, 2.05) is 30.3 Å². The van der Waals surface area contributed by atoms with Gasteiger partial charge in [0.1, 0.15) is 11.9 Å². The summed E-state index contributed by atoms with van der Waals surface area (Å²) < 4.78 is 21.7. The molecular weight excluding hydrogens is 367 g/mol. The largest absolute Gasteiger partial charge is 0.365 e. The summed E-state index contributed by atoms with van der Waals surface area (Å²) in [5.41, 5.74) is 3.12. The number of H-pyrrole nitrogens is 1. The molecule has 0 spiro atoms. The van der Waals surface area contributed by atoms with Crippen molar-refractivity contribution in [3.05, 3.63) is 87.6 Å². The standard InChI is InChI=1S/C24H25FN2O2/c25-18-13-11-17(12-14-18)23-22-20(15-21(29-23)16-7-3-1-4-8-16)26-27(24(22)28)19-9-5-2-6-10-19/h2,5-6,9-14,16,21,23,26H,1,3-4,7-8,15H2/t21-,23-/m0/s1. The molecule has 1 aliphatic carbocycles. The first-order chi connectivity index (χ1) is 14.2. The first-order valence-corrected chi connectivity index (χ1v) is 10.5. The zero-order valence-corrected chi connectivity index (χ0v) is 16.3. The normalized spacial score (nSPS) is 22.4. The zero-order valence-electron chi connectivity index (χ0n) is 16.3. The molecule has 1 saturated carbocycles. The monoisotopic (exact) mass is 392 g/mol. The molecule has 1 aromatic heterocycles. The Hall–Kier alpha value is -2.66. The van der Waals surface area contributed by atoms with E-state index < -0.39 is 6.10 Å². The predicted octanol–water partition coefficient (Wildman–Crippen LogP) is 4.92. The number of benzene rings is 2. The van der Waals surface area contributed by atoms with Crippen LogP contribution in [-0.2, 0) is 11.2 Å². The number of nitrogens with zero attached hydrogens (tertiary/aromatic N) is 1. The van der Waals surface area contributed by atoms with Crippen LogP contribution >= 0.6 is 0 Å². The van der Waals surface area contributed by atoms with Crippen LogP contribution in [0.1, 0.15) is 55.0 Å². The van der Waals surface area contributed by atoms with Gasteiger partial charge in [-0.05, 0) is 48.6 Å². The first-order valence-electron chi connectivity index (χ1n) is 10.5. The highest BCUT2D eigenvalue weighted by Crippen LogP contribution is 2.39. The SMILES string of the molecule is O=c1c2c([nH]n1-c1ccccc1)C[C@@H](C1CCCCC1)O[C@H]2c1ccc(F)cc1. The van der Waals surface area contributed by atoms with Crippen LogP contribution in [0.15, 0.2) is 59.4 Å². The molecule has 5 rings (SSSR count). The third-order valence-electron chi connectivity index (χ3n) is 6.35. The van der Waals surface area contributed by atoms with Crippen LogP contribution in [0.4, 0.5) is 4.39 Å². The van der Waals surface area contributed by atoms with Gasteiger partial charge in [0.2, 0.25) is 0 Å². The Balaban J connectivity index is 1.59. The molecule has 0 unspecified atom stereocenters. The summed E-state index contributed by atoms with van der Waals surface area (Å²) in [6.45, 7) is 0. The van der Waals surface area contributed by atoms with E-state index in [0.29, 0.717) is 17.9 Å². The zero-order chi connectivity index (χ0) is 19.8. The Labute approximate surface area is 169 Å². The topological polar surface area (TPSA) is 47.0 Å². The summed E-state index contributed by atoms with van der Waals surface area (Å²) in [7, 11) is 0. The molecule has 2 heterocycles. The van der Waals surface area contributed by atoms with Crippen LogP contribution in [-0.4, -0.2) is 15.9 Å². The average Bonchev–Trinajstić information content (AvgIpc) is 3.11. The highest BCUT2D eigenvalue weighted by atomic mass is 19.1. The van der Waals surface area contributed by atoms with E-state index in [2.05, 4.69) is 5.10 Å². The Kier molecular flexibility index (Phi) is 4.84. The number of halogens is 1. The molecule has 0 amide bonds. The molecule has 150 valence electrons. The number of nitrogens with one attached hydrogen (secondary N) is 1. The van der Waals surface area contributed by atoms with E-state index >= 15 is 0 Å². The van der Waals surface area contributed by atoms with E-state index in [9.17, 15) is 9.18 Å². The third kappa shape index (κ3) is 3.44. The van der Waals surface area contributed by atoms with E-state index in [1.54, 1.807) is 16.8 Å². The number of ether oxygens (including phenoxy) is 1. The lowest BCUT2D eigenvalue weighted by Crippen LogP contribution is -2.35. The fourth-order valence-corrected chi connectivity index (χ4v) is 4.84. The second-order valence-corrected chi connectivity index (χ2v) is 8.19. The van der Waals surface area contributed by atoms with Crippen LogP contribution < -0.4 is 5.56 Å². The minimum atomic E-state index is -0.472. The fraction of sp³-hybridized carbons (Fsp3) is 0.375. The second-order valence-electron chi connectivity index (χ2n) is 8.19. The summed E-state index contributed by atoms with van der Waals surface area (Å²) in [6.07, 6.45) is 6.41. The average molecular weight is 392 g/mol. The lowest BCUT2D eigenvalue weighted by molar-refractivity contribution is -0.0466. The van der Waals surface area contributed by atoms with E-state index in [-0.39, 0.29) is 17.5 Å². The van der Waals surface area contributed by atoms with Gasteiger partial charge in [0, 0.05) is 12.1 Å².